The van der Waals surface area contributed by atoms with Crippen molar-refractivity contribution in [3.8, 4) is 0 Å². The van der Waals surface area contributed by atoms with Gasteiger partial charge in [0.2, 0.25) is 16.6 Å². The van der Waals surface area contributed by atoms with Crippen LogP contribution in [0.5, 0.6) is 0 Å². The third kappa shape index (κ3) is 7.56. The summed E-state index contributed by atoms with van der Waals surface area (Å²) in [5, 5.41) is 10.8. The number of hydrogen-bond donors (Lipinski definition) is 1. The Kier molecular flexibility index (Phi) is 8.19. The van der Waals surface area contributed by atoms with Crippen LogP contribution in [0.25, 0.3) is 0 Å². The molecule has 1 aromatic rings. The second-order valence-corrected chi connectivity index (χ2v) is 7.56. The molecule has 1 N–H and O–H groups in total. The van der Waals surface area contributed by atoms with Crippen molar-refractivity contribution in [3.63, 3.8) is 0 Å². The quantitative estimate of drug-likeness (QED) is 0.380. The van der Waals surface area contributed by atoms with Crippen LogP contribution in [0.4, 0.5) is 0 Å². The fourth-order valence-electron chi connectivity index (χ4n) is 2.37. The summed E-state index contributed by atoms with van der Waals surface area (Å²) in [4.78, 5) is 10.5. The number of hydrogen-bond acceptors (Lipinski definition) is 4. The molecule has 23 heavy (non-hydrogen) atoms. The van der Waals surface area contributed by atoms with Gasteiger partial charge in [0.15, 0.2) is 0 Å². The van der Waals surface area contributed by atoms with Gasteiger partial charge in [-0.05, 0) is 25.5 Å². The van der Waals surface area contributed by atoms with E-state index in [9.17, 15) is 18.5 Å². The molecule has 1 atom stereocenters. The maximum atomic E-state index is 12.3. The fraction of sp³-hybridized carbons (Fsp3) is 0.625. The van der Waals surface area contributed by atoms with Crippen LogP contribution in [0.2, 0.25) is 0 Å². The van der Waals surface area contributed by atoms with E-state index in [2.05, 4.69) is 11.6 Å². The molecule has 0 heterocycles. The van der Waals surface area contributed by atoms with Gasteiger partial charge in [-0.15, -0.1) is 0 Å². The molecule has 7 heteroatoms. The van der Waals surface area contributed by atoms with E-state index in [1.54, 1.807) is 12.1 Å². The minimum absolute atomic E-state index is 0.141. The fourth-order valence-corrected chi connectivity index (χ4v) is 3.63. The second-order valence-electron chi connectivity index (χ2n) is 5.85. The lowest BCUT2D eigenvalue weighted by molar-refractivity contribution is -0.483. The summed E-state index contributed by atoms with van der Waals surface area (Å²) in [7, 11) is -3.72. The second kappa shape index (κ2) is 9.62. The van der Waals surface area contributed by atoms with Crippen LogP contribution in [0, 0.1) is 17.0 Å². The first-order valence-corrected chi connectivity index (χ1v) is 9.54. The zero-order chi connectivity index (χ0) is 17.3. The smallest absolute Gasteiger partial charge is 0.241 e. The van der Waals surface area contributed by atoms with Crippen LogP contribution in [-0.2, 0) is 10.0 Å². The molecule has 6 nitrogen and oxygen atoms in total. The summed E-state index contributed by atoms with van der Waals surface area (Å²) < 4.78 is 27.2. The maximum absolute atomic E-state index is 12.3. The third-order valence-electron chi connectivity index (χ3n) is 3.68. The van der Waals surface area contributed by atoms with Gasteiger partial charge in [0.25, 0.3) is 0 Å². The van der Waals surface area contributed by atoms with Crippen molar-refractivity contribution in [1.29, 1.82) is 0 Å². The molecular weight excluding hydrogens is 316 g/mol. The van der Waals surface area contributed by atoms with Crippen molar-refractivity contribution in [2.75, 3.05) is 6.54 Å². The average molecular weight is 342 g/mol. The van der Waals surface area contributed by atoms with Crippen molar-refractivity contribution in [3.05, 3.63) is 39.9 Å². The van der Waals surface area contributed by atoms with Gasteiger partial charge in [-0.25, -0.2) is 13.1 Å². The highest BCUT2D eigenvalue weighted by atomic mass is 32.2. The molecule has 0 fully saturated rings. The summed E-state index contributed by atoms with van der Waals surface area (Å²) in [5.74, 6) is 0. The van der Waals surface area contributed by atoms with Gasteiger partial charge < -0.3 is 0 Å². The molecule has 0 aromatic heterocycles. The standard InChI is InChI=1S/C16H26N2O4S/c1-3-4-5-6-7-8-15(13-18(19)20)17-23(21,22)16-11-9-14(2)10-12-16/h9-12,15,17H,3-8,13H2,1-2H3. The van der Waals surface area contributed by atoms with Crippen molar-refractivity contribution in [2.24, 2.45) is 0 Å². The van der Waals surface area contributed by atoms with Crippen LogP contribution in [0.1, 0.15) is 51.0 Å². The Morgan fingerprint density at radius 2 is 1.74 bits per heavy atom. The topological polar surface area (TPSA) is 89.3 Å². The van der Waals surface area contributed by atoms with E-state index in [-0.39, 0.29) is 4.90 Å². The molecule has 0 aliphatic heterocycles. The van der Waals surface area contributed by atoms with Crippen LogP contribution in [0.15, 0.2) is 29.2 Å². The van der Waals surface area contributed by atoms with E-state index < -0.39 is 27.5 Å². The molecule has 130 valence electrons. The number of benzene rings is 1. The van der Waals surface area contributed by atoms with Gasteiger partial charge >= 0.3 is 0 Å². The first-order valence-electron chi connectivity index (χ1n) is 8.06. The SMILES string of the molecule is CCCCCCCC(C[N+](=O)[O-])NS(=O)(=O)c1ccc(C)cc1. The van der Waals surface area contributed by atoms with Gasteiger partial charge in [-0.1, -0.05) is 56.7 Å². The molecule has 1 aromatic carbocycles. The van der Waals surface area contributed by atoms with E-state index in [0.717, 1.165) is 37.7 Å². The van der Waals surface area contributed by atoms with Crippen LogP contribution >= 0.6 is 0 Å². The van der Waals surface area contributed by atoms with Crippen molar-refractivity contribution in [1.82, 2.24) is 4.72 Å². The highest BCUT2D eigenvalue weighted by Crippen LogP contribution is 2.13. The number of nitrogens with one attached hydrogen (secondary N) is 1. The minimum Gasteiger partial charge on any atom is -0.264 e. The summed E-state index contributed by atoms with van der Waals surface area (Å²) in [6.07, 6.45) is 5.57. The van der Waals surface area contributed by atoms with Crippen molar-refractivity contribution in [2.45, 2.75) is 63.3 Å². The maximum Gasteiger partial charge on any atom is 0.241 e. The largest absolute Gasteiger partial charge is 0.264 e. The van der Waals surface area contributed by atoms with E-state index >= 15 is 0 Å². The molecule has 1 rings (SSSR count). The Morgan fingerprint density at radius 3 is 2.30 bits per heavy atom. The lowest BCUT2D eigenvalue weighted by atomic mass is 10.1. The monoisotopic (exact) mass is 342 g/mol. The summed E-state index contributed by atoms with van der Waals surface area (Å²) in [6.45, 7) is 3.60. The number of sulfonamides is 1. The van der Waals surface area contributed by atoms with E-state index in [1.165, 1.54) is 12.1 Å². The third-order valence-corrected chi connectivity index (χ3v) is 5.22. The number of aryl methyl sites for hydroxylation is 1. The normalized spacial score (nSPS) is 13.0. The predicted octanol–water partition coefficient (Wildman–Crippen LogP) is 3.28. The van der Waals surface area contributed by atoms with E-state index in [1.807, 2.05) is 6.92 Å². The number of rotatable bonds is 11. The summed E-state index contributed by atoms with van der Waals surface area (Å²) >= 11 is 0. The Bertz CT molecular complexity index is 585. The Labute approximate surface area is 138 Å². The first kappa shape index (κ1) is 19.6. The lowest BCUT2D eigenvalue weighted by Crippen LogP contribution is -2.39. The van der Waals surface area contributed by atoms with Crippen LogP contribution in [0.3, 0.4) is 0 Å². The van der Waals surface area contributed by atoms with Crippen LogP contribution in [-0.4, -0.2) is 25.9 Å². The molecule has 0 spiro atoms. The lowest BCUT2D eigenvalue weighted by Gasteiger charge is -2.15. The molecule has 0 amide bonds. The Balaban J connectivity index is 2.67. The first-order chi connectivity index (χ1) is 10.8. The summed E-state index contributed by atoms with van der Waals surface area (Å²) in [5.41, 5.74) is 0.960. The van der Waals surface area contributed by atoms with Gasteiger partial charge in [0.05, 0.1) is 10.9 Å². The highest BCUT2D eigenvalue weighted by molar-refractivity contribution is 7.89. The van der Waals surface area contributed by atoms with Crippen LogP contribution < -0.4 is 4.72 Å². The van der Waals surface area contributed by atoms with E-state index in [0.29, 0.717) is 6.42 Å². The molecule has 0 saturated heterocycles. The molecule has 1 unspecified atom stereocenters. The summed E-state index contributed by atoms with van der Waals surface area (Å²) in [6, 6.07) is 5.78. The zero-order valence-corrected chi connectivity index (χ0v) is 14.6. The number of nitro groups is 1. The molecule has 0 aliphatic carbocycles. The Morgan fingerprint density at radius 1 is 1.13 bits per heavy atom. The highest BCUT2D eigenvalue weighted by Gasteiger charge is 2.23. The molecule has 0 bridgehead atoms. The minimum atomic E-state index is -3.72. The zero-order valence-electron chi connectivity index (χ0n) is 13.8. The van der Waals surface area contributed by atoms with Gasteiger partial charge in [0, 0.05) is 4.92 Å². The average Bonchev–Trinajstić information content (AvgIpc) is 2.46. The number of unbranched alkanes of at least 4 members (excludes halogenated alkanes) is 4. The van der Waals surface area contributed by atoms with Gasteiger partial charge in [-0.2, -0.15) is 0 Å². The van der Waals surface area contributed by atoms with Gasteiger partial charge in [0.1, 0.15) is 0 Å². The molecular formula is C16H26N2O4S. The number of nitrogens with zero attached hydrogens (tertiary/aromatic N) is 1. The van der Waals surface area contributed by atoms with Crippen molar-refractivity contribution < 1.29 is 13.3 Å². The molecule has 0 aliphatic rings. The predicted molar refractivity (Wildman–Crippen MR) is 90.5 cm³/mol. The molecule has 0 radical (unpaired) electrons. The van der Waals surface area contributed by atoms with Gasteiger partial charge in [-0.3, -0.25) is 10.1 Å². The van der Waals surface area contributed by atoms with E-state index in [4.69, 9.17) is 0 Å². The Hall–Kier alpha value is -1.47. The van der Waals surface area contributed by atoms with Crippen molar-refractivity contribution >= 4 is 10.0 Å². The molecule has 0 saturated carbocycles.